The third kappa shape index (κ3) is 2.23. The molecule has 0 aromatic heterocycles. The van der Waals surface area contributed by atoms with Crippen LogP contribution in [0.15, 0.2) is 24.3 Å². The summed E-state index contributed by atoms with van der Waals surface area (Å²) in [6, 6.07) is 7.00. The molecule has 1 heterocycles. The second-order valence-electron chi connectivity index (χ2n) is 5.65. The summed E-state index contributed by atoms with van der Waals surface area (Å²) in [6.07, 6.45) is 0.200. The molecule has 2 unspecified atom stereocenters. The van der Waals surface area contributed by atoms with Crippen molar-refractivity contribution in [3.63, 3.8) is 0 Å². The van der Waals surface area contributed by atoms with Crippen LogP contribution in [0.25, 0.3) is 0 Å². The smallest absolute Gasteiger partial charge is 0.330 e. The lowest BCUT2D eigenvalue weighted by atomic mass is 9.95. The summed E-state index contributed by atoms with van der Waals surface area (Å²) in [5.41, 5.74) is -0.127. The minimum atomic E-state index is -1.56. The highest BCUT2D eigenvalue weighted by Gasteiger charge is 2.53. The monoisotopic (exact) mass is 307 g/mol. The lowest BCUT2D eigenvalue weighted by Crippen LogP contribution is -2.59. The Hall–Kier alpha value is -1.82. The Morgan fingerprint density at radius 1 is 1.33 bits per heavy atom. The van der Waals surface area contributed by atoms with Crippen molar-refractivity contribution in [2.75, 3.05) is 4.90 Å². The average Bonchev–Trinajstić information content (AvgIpc) is 2.71. The minimum absolute atomic E-state index is 0.200. The number of ketones is 1. The summed E-state index contributed by atoms with van der Waals surface area (Å²) in [5.74, 6) is -2.15. The molecule has 1 amide bonds. The number of thiol groups is 1. The molecule has 1 aromatic rings. The van der Waals surface area contributed by atoms with Crippen LogP contribution in [0.2, 0.25) is 0 Å². The predicted molar refractivity (Wildman–Crippen MR) is 81.7 cm³/mol. The number of hydrogen-bond donors (Lipinski definition) is 2. The van der Waals surface area contributed by atoms with Gasteiger partial charge in [0.2, 0.25) is 0 Å². The fourth-order valence-electron chi connectivity index (χ4n) is 2.47. The van der Waals surface area contributed by atoms with Crippen molar-refractivity contribution >= 4 is 36.0 Å². The number of carboxylic acid groups (broad SMARTS) is 1. The lowest BCUT2D eigenvalue weighted by molar-refractivity contribution is -0.145. The van der Waals surface area contributed by atoms with Crippen LogP contribution < -0.4 is 4.90 Å². The number of Topliss-reactive ketones (excluding diaryl/α,β-unsaturated/α-hetero) is 1. The third-order valence-corrected chi connectivity index (χ3v) is 4.53. The van der Waals surface area contributed by atoms with E-state index in [0.717, 1.165) is 5.56 Å². The second kappa shape index (κ2) is 4.87. The first kappa shape index (κ1) is 15.6. The van der Waals surface area contributed by atoms with Crippen molar-refractivity contribution in [3.05, 3.63) is 29.8 Å². The van der Waals surface area contributed by atoms with E-state index in [1.54, 1.807) is 24.3 Å². The van der Waals surface area contributed by atoms with E-state index in [1.165, 1.54) is 25.7 Å². The van der Waals surface area contributed by atoms with Gasteiger partial charge in [0, 0.05) is 12.1 Å². The molecule has 0 bridgehead atoms. The molecule has 2 atom stereocenters. The fourth-order valence-corrected chi connectivity index (χ4v) is 2.57. The van der Waals surface area contributed by atoms with Crippen LogP contribution in [-0.2, 0) is 20.8 Å². The standard InChI is InChI=1S/C15H17NO4S/c1-9(17)15(3,21)12(18)16-11-7-5-4-6-10(11)8-14(16,2)13(19)20/h4-7,21H,8H2,1-3H3,(H,19,20). The van der Waals surface area contributed by atoms with Crippen LogP contribution in [0.3, 0.4) is 0 Å². The number of carbonyl (C=O) groups is 3. The Balaban J connectivity index is 2.59. The van der Waals surface area contributed by atoms with Crippen molar-refractivity contribution in [1.82, 2.24) is 0 Å². The molecular weight excluding hydrogens is 290 g/mol. The molecule has 1 aromatic carbocycles. The van der Waals surface area contributed by atoms with Gasteiger partial charge in [-0.25, -0.2) is 4.79 Å². The number of aliphatic carboxylic acids is 1. The molecule has 0 fully saturated rings. The quantitative estimate of drug-likeness (QED) is 0.658. The van der Waals surface area contributed by atoms with Crippen LogP contribution in [0.4, 0.5) is 5.69 Å². The summed E-state index contributed by atoms with van der Waals surface area (Å²) < 4.78 is -1.56. The molecule has 6 heteroatoms. The molecule has 0 spiro atoms. The number of carbonyl (C=O) groups excluding carboxylic acids is 2. The maximum Gasteiger partial charge on any atom is 0.330 e. The van der Waals surface area contributed by atoms with Gasteiger partial charge in [-0.15, -0.1) is 0 Å². The highest BCUT2D eigenvalue weighted by molar-refractivity contribution is 7.83. The van der Waals surface area contributed by atoms with E-state index in [2.05, 4.69) is 12.6 Å². The van der Waals surface area contributed by atoms with Crippen molar-refractivity contribution in [2.45, 2.75) is 37.5 Å². The Kier molecular flexibility index (Phi) is 3.61. The molecule has 21 heavy (non-hydrogen) atoms. The SMILES string of the molecule is CC(=O)C(C)(S)C(=O)N1c2ccccc2CC1(C)C(=O)O. The number of nitrogens with zero attached hydrogens (tertiary/aromatic N) is 1. The Bertz CT molecular complexity index is 640. The van der Waals surface area contributed by atoms with Gasteiger partial charge in [-0.2, -0.15) is 12.6 Å². The number of carboxylic acids is 1. The zero-order valence-corrected chi connectivity index (χ0v) is 13.0. The molecule has 0 radical (unpaired) electrons. The molecule has 0 aliphatic carbocycles. The van der Waals surface area contributed by atoms with E-state index in [-0.39, 0.29) is 6.42 Å². The molecule has 0 saturated heterocycles. The maximum atomic E-state index is 12.8. The second-order valence-corrected chi connectivity index (χ2v) is 6.55. The van der Waals surface area contributed by atoms with Gasteiger partial charge in [0.1, 0.15) is 10.3 Å². The Morgan fingerprint density at radius 3 is 2.43 bits per heavy atom. The van der Waals surface area contributed by atoms with Gasteiger partial charge in [0.05, 0.1) is 0 Å². The zero-order valence-electron chi connectivity index (χ0n) is 12.1. The first-order valence-corrected chi connectivity index (χ1v) is 6.96. The molecule has 1 aliphatic rings. The normalized spacial score (nSPS) is 23.3. The summed E-state index contributed by atoms with van der Waals surface area (Å²) in [5, 5.41) is 9.56. The van der Waals surface area contributed by atoms with E-state index >= 15 is 0 Å². The van der Waals surface area contributed by atoms with E-state index < -0.39 is 27.9 Å². The number of benzene rings is 1. The maximum absolute atomic E-state index is 12.8. The van der Waals surface area contributed by atoms with Gasteiger partial charge in [-0.3, -0.25) is 14.5 Å². The molecule has 1 aliphatic heterocycles. The van der Waals surface area contributed by atoms with Crippen LogP contribution in [0.1, 0.15) is 26.3 Å². The first-order valence-electron chi connectivity index (χ1n) is 6.51. The highest BCUT2D eigenvalue weighted by atomic mass is 32.1. The fraction of sp³-hybridized carbons (Fsp3) is 0.400. The minimum Gasteiger partial charge on any atom is -0.479 e. The van der Waals surface area contributed by atoms with Crippen molar-refractivity contribution in [1.29, 1.82) is 0 Å². The predicted octanol–water partition coefficient (Wildman–Crippen LogP) is 1.70. The van der Waals surface area contributed by atoms with Gasteiger partial charge in [0.25, 0.3) is 5.91 Å². The summed E-state index contributed by atoms with van der Waals surface area (Å²) in [4.78, 5) is 37.3. The van der Waals surface area contributed by atoms with E-state index in [9.17, 15) is 19.5 Å². The van der Waals surface area contributed by atoms with Crippen LogP contribution in [0.5, 0.6) is 0 Å². The number of amides is 1. The van der Waals surface area contributed by atoms with Crippen LogP contribution in [-0.4, -0.2) is 33.1 Å². The summed E-state index contributed by atoms with van der Waals surface area (Å²) in [6.45, 7) is 4.15. The molecule has 2 rings (SSSR count). The van der Waals surface area contributed by atoms with Gasteiger partial charge < -0.3 is 5.11 Å². The summed E-state index contributed by atoms with van der Waals surface area (Å²) in [7, 11) is 0. The van der Waals surface area contributed by atoms with Gasteiger partial charge >= 0.3 is 5.97 Å². The number of hydrogen-bond acceptors (Lipinski definition) is 4. The number of anilines is 1. The van der Waals surface area contributed by atoms with E-state index in [4.69, 9.17) is 0 Å². The topological polar surface area (TPSA) is 74.7 Å². The van der Waals surface area contributed by atoms with Gasteiger partial charge in [-0.1, -0.05) is 18.2 Å². The van der Waals surface area contributed by atoms with Crippen molar-refractivity contribution in [2.24, 2.45) is 0 Å². The van der Waals surface area contributed by atoms with Crippen LogP contribution >= 0.6 is 12.6 Å². The lowest BCUT2D eigenvalue weighted by Gasteiger charge is -2.36. The highest BCUT2D eigenvalue weighted by Crippen LogP contribution is 2.41. The molecule has 0 saturated carbocycles. The van der Waals surface area contributed by atoms with E-state index in [1.807, 2.05) is 0 Å². The molecular formula is C15H17NO4S. The third-order valence-electron chi connectivity index (χ3n) is 4.03. The Morgan fingerprint density at radius 2 is 1.90 bits per heavy atom. The van der Waals surface area contributed by atoms with Gasteiger partial charge in [-0.05, 0) is 32.4 Å². The van der Waals surface area contributed by atoms with Crippen molar-refractivity contribution < 1.29 is 19.5 Å². The van der Waals surface area contributed by atoms with E-state index in [0.29, 0.717) is 5.69 Å². The zero-order chi connectivity index (χ0) is 16.0. The molecule has 1 N–H and O–H groups in total. The summed E-state index contributed by atoms with van der Waals surface area (Å²) >= 11 is 4.16. The largest absolute Gasteiger partial charge is 0.479 e. The van der Waals surface area contributed by atoms with Crippen LogP contribution in [0, 0.1) is 0 Å². The first-order chi connectivity index (χ1) is 9.62. The Labute approximate surface area is 128 Å². The number of fused-ring (bicyclic) bond motifs is 1. The molecule has 112 valence electrons. The number of rotatable bonds is 3. The van der Waals surface area contributed by atoms with Gasteiger partial charge in [0.15, 0.2) is 5.78 Å². The number of para-hydroxylation sites is 1. The molecule has 5 nitrogen and oxygen atoms in total. The van der Waals surface area contributed by atoms with Crippen molar-refractivity contribution in [3.8, 4) is 0 Å². The average molecular weight is 307 g/mol.